The van der Waals surface area contributed by atoms with Crippen molar-refractivity contribution in [2.24, 2.45) is 7.05 Å². The Labute approximate surface area is 137 Å². The molecule has 4 rings (SSSR count). The molecular weight excluding hydrogens is 308 g/mol. The number of pyridine rings is 1. The lowest BCUT2D eigenvalue weighted by molar-refractivity contribution is 0.0691. The zero-order valence-corrected chi connectivity index (χ0v) is 13.1. The summed E-state index contributed by atoms with van der Waals surface area (Å²) >= 11 is 0. The molecule has 0 saturated carbocycles. The third kappa shape index (κ3) is 1.96. The van der Waals surface area contributed by atoms with Crippen molar-refractivity contribution in [1.82, 2.24) is 9.55 Å². The second-order valence-corrected chi connectivity index (χ2v) is 6.18. The molecule has 1 aliphatic carbocycles. The van der Waals surface area contributed by atoms with E-state index >= 15 is 0 Å². The van der Waals surface area contributed by atoms with Crippen molar-refractivity contribution >= 4 is 16.9 Å². The minimum absolute atomic E-state index is 0.415. The fourth-order valence-corrected chi connectivity index (χ4v) is 3.55. The number of hydrogen-bond donors (Lipinski definition) is 3. The van der Waals surface area contributed by atoms with E-state index in [4.69, 9.17) is 0 Å². The highest BCUT2D eigenvalue weighted by Crippen LogP contribution is 2.37. The fourth-order valence-electron chi connectivity index (χ4n) is 3.55. The van der Waals surface area contributed by atoms with Crippen LogP contribution in [-0.2, 0) is 19.9 Å². The van der Waals surface area contributed by atoms with E-state index in [-0.39, 0.29) is 0 Å². The fraction of sp³-hybridized carbons (Fsp3) is 0.222. The smallest absolute Gasteiger partial charge is 0.345 e. The highest BCUT2D eigenvalue weighted by Gasteiger charge is 2.25. The number of aromatic amines is 1. The Morgan fingerprint density at radius 1 is 1.29 bits per heavy atom. The first-order valence-corrected chi connectivity index (χ1v) is 7.77. The van der Waals surface area contributed by atoms with Gasteiger partial charge in [0, 0.05) is 35.3 Å². The van der Waals surface area contributed by atoms with Crippen LogP contribution in [-0.4, -0.2) is 25.7 Å². The molecular formula is C18H16N2O4. The number of nitrogens with zero attached hydrogens (tertiary/aromatic N) is 1. The molecule has 24 heavy (non-hydrogen) atoms. The molecule has 0 saturated heterocycles. The number of carboxylic acids is 1. The van der Waals surface area contributed by atoms with Crippen LogP contribution in [0.5, 0.6) is 5.75 Å². The quantitative estimate of drug-likeness (QED) is 0.640. The molecule has 1 aromatic carbocycles. The minimum Gasteiger partial charge on any atom is -0.506 e. The molecule has 0 unspecified atom stereocenters. The number of carbonyl (C=O) groups is 1. The summed E-state index contributed by atoms with van der Waals surface area (Å²) in [5.41, 5.74) is 2.71. The number of aromatic carboxylic acids is 1. The molecule has 1 aliphatic rings. The number of benzene rings is 1. The number of H-pyrrole nitrogens is 1. The van der Waals surface area contributed by atoms with Crippen molar-refractivity contribution in [3.63, 3.8) is 0 Å². The topological polar surface area (TPSA) is 95.3 Å². The van der Waals surface area contributed by atoms with Crippen LogP contribution in [0.25, 0.3) is 22.2 Å². The molecule has 0 amide bonds. The Hall–Kier alpha value is -3.02. The summed E-state index contributed by atoms with van der Waals surface area (Å²) in [7, 11) is 1.98. The van der Waals surface area contributed by atoms with Gasteiger partial charge in [0.25, 0.3) is 5.56 Å². The van der Waals surface area contributed by atoms with Crippen LogP contribution in [0.3, 0.4) is 0 Å². The molecule has 122 valence electrons. The van der Waals surface area contributed by atoms with Crippen molar-refractivity contribution in [3.8, 4) is 17.0 Å². The van der Waals surface area contributed by atoms with Gasteiger partial charge < -0.3 is 19.8 Å². The lowest BCUT2D eigenvalue weighted by Gasteiger charge is -2.12. The maximum atomic E-state index is 12.1. The number of aromatic nitrogens is 2. The molecule has 3 N–H and O–H groups in total. The van der Waals surface area contributed by atoms with E-state index in [9.17, 15) is 19.8 Å². The maximum Gasteiger partial charge on any atom is 0.345 e. The summed E-state index contributed by atoms with van der Waals surface area (Å²) in [6, 6.07) is 6.08. The van der Waals surface area contributed by atoms with E-state index in [1.54, 1.807) is 0 Å². The molecule has 0 radical (unpaired) electrons. The Kier molecular flexibility index (Phi) is 3.03. The lowest BCUT2D eigenvalue weighted by atomic mass is 9.98. The predicted octanol–water partition coefficient (Wildman–Crippen LogP) is 2.43. The predicted molar refractivity (Wildman–Crippen MR) is 89.6 cm³/mol. The zero-order valence-electron chi connectivity index (χ0n) is 13.1. The van der Waals surface area contributed by atoms with Crippen LogP contribution in [0, 0.1) is 0 Å². The van der Waals surface area contributed by atoms with E-state index in [0.717, 1.165) is 34.9 Å². The average Bonchev–Trinajstić information content (AvgIpc) is 2.78. The van der Waals surface area contributed by atoms with Gasteiger partial charge in [-0.2, -0.15) is 0 Å². The molecule has 0 atom stereocenters. The van der Waals surface area contributed by atoms with Crippen LogP contribution >= 0.6 is 0 Å². The van der Waals surface area contributed by atoms with Crippen molar-refractivity contribution in [2.45, 2.75) is 19.3 Å². The average molecular weight is 324 g/mol. The van der Waals surface area contributed by atoms with Gasteiger partial charge in [-0.05, 0) is 43.0 Å². The SMILES string of the molecule is Cn1ccc2cc3c(cc21)CCCc1c-3[nH]c(=O)c(C(=O)O)c1O. The zero-order chi connectivity index (χ0) is 17.0. The van der Waals surface area contributed by atoms with Gasteiger partial charge in [0.2, 0.25) is 0 Å². The van der Waals surface area contributed by atoms with Crippen molar-refractivity contribution < 1.29 is 15.0 Å². The second-order valence-electron chi connectivity index (χ2n) is 6.18. The van der Waals surface area contributed by atoms with Gasteiger partial charge in [0.05, 0.1) is 5.69 Å². The van der Waals surface area contributed by atoms with Crippen molar-refractivity contribution in [3.05, 3.63) is 51.4 Å². The van der Waals surface area contributed by atoms with Crippen LogP contribution in [0.2, 0.25) is 0 Å². The van der Waals surface area contributed by atoms with Crippen molar-refractivity contribution in [1.29, 1.82) is 0 Å². The van der Waals surface area contributed by atoms with E-state index < -0.39 is 22.8 Å². The highest BCUT2D eigenvalue weighted by atomic mass is 16.4. The number of aromatic hydroxyl groups is 1. The summed E-state index contributed by atoms with van der Waals surface area (Å²) in [6.07, 6.45) is 4.06. The van der Waals surface area contributed by atoms with E-state index in [0.29, 0.717) is 17.7 Å². The van der Waals surface area contributed by atoms with Crippen LogP contribution < -0.4 is 5.56 Å². The van der Waals surface area contributed by atoms with Gasteiger partial charge in [0.1, 0.15) is 5.75 Å². The summed E-state index contributed by atoms with van der Waals surface area (Å²) in [5.74, 6) is -1.83. The third-order valence-corrected chi connectivity index (χ3v) is 4.76. The molecule has 3 aromatic rings. The number of rotatable bonds is 1. The molecule has 6 nitrogen and oxygen atoms in total. The summed E-state index contributed by atoms with van der Waals surface area (Å²) in [5, 5.41) is 20.6. The van der Waals surface area contributed by atoms with Gasteiger partial charge in [0.15, 0.2) is 5.56 Å². The Morgan fingerprint density at radius 2 is 2.08 bits per heavy atom. The van der Waals surface area contributed by atoms with Gasteiger partial charge in [-0.15, -0.1) is 0 Å². The molecule has 0 spiro atoms. The van der Waals surface area contributed by atoms with Crippen LogP contribution in [0.4, 0.5) is 0 Å². The first-order chi connectivity index (χ1) is 11.5. The third-order valence-electron chi connectivity index (χ3n) is 4.76. The van der Waals surface area contributed by atoms with E-state index in [1.807, 2.05) is 29.9 Å². The summed E-state index contributed by atoms with van der Waals surface area (Å²) in [4.78, 5) is 26.1. The summed E-state index contributed by atoms with van der Waals surface area (Å²) < 4.78 is 2.04. The van der Waals surface area contributed by atoms with Gasteiger partial charge in [-0.3, -0.25) is 4.79 Å². The molecule has 2 heterocycles. The monoisotopic (exact) mass is 324 g/mol. The first-order valence-electron chi connectivity index (χ1n) is 7.77. The highest BCUT2D eigenvalue weighted by molar-refractivity contribution is 5.93. The molecule has 6 heteroatoms. The largest absolute Gasteiger partial charge is 0.506 e. The lowest BCUT2D eigenvalue weighted by Crippen LogP contribution is -2.20. The molecule has 0 aliphatic heterocycles. The normalized spacial score (nSPS) is 13.4. The number of aryl methyl sites for hydroxylation is 2. The number of fused-ring (bicyclic) bond motifs is 4. The minimum atomic E-state index is -1.42. The Morgan fingerprint density at radius 3 is 2.83 bits per heavy atom. The van der Waals surface area contributed by atoms with Gasteiger partial charge in [-0.1, -0.05) is 0 Å². The number of nitrogens with one attached hydrogen (secondary N) is 1. The Bertz CT molecular complexity index is 1060. The van der Waals surface area contributed by atoms with Gasteiger partial charge >= 0.3 is 5.97 Å². The summed E-state index contributed by atoms with van der Waals surface area (Å²) in [6.45, 7) is 0. The standard InChI is InChI=1S/C18H16N2O4/c1-20-6-5-10-7-12-9(8-13(10)20)3-2-4-11-15(12)19-17(22)14(16(11)21)18(23)24/h5-8H,2-4H2,1H3,(H,23,24)(H2,19,21,22). The first kappa shape index (κ1) is 14.6. The van der Waals surface area contributed by atoms with E-state index in [2.05, 4.69) is 11.1 Å². The van der Waals surface area contributed by atoms with Crippen molar-refractivity contribution in [2.75, 3.05) is 0 Å². The number of carboxylic acid groups (broad SMARTS) is 1. The molecule has 0 fully saturated rings. The van der Waals surface area contributed by atoms with Crippen LogP contribution in [0.15, 0.2) is 29.2 Å². The molecule has 0 bridgehead atoms. The van der Waals surface area contributed by atoms with E-state index in [1.165, 1.54) is 0 Å². The van der Waals surface area contributed by atoms with Crippen LogP contribution in [0.1, 0.15) is 27.9 Å². The maximum absolute atomic E-state index is 12.1. The Balaban J connectivity index is 2.07. The van der Waals surface area contributed by atoms with Gasteiger partial charge in [-0.25, -0.2) is 4.79 Å². The number of hydrogen-bond acceptors (Lipinski definition) is 3. The second kappa shape index (κ2) is 4.99. The molecule has 2 aromatic heterocycles.